The number of hydrogen-bond acceptors (Lipinski definition) is 4. The number of fused-ring (bicyclic) bond motifs is 7. The van der Waals surface area contributed by atoms with E-state index in [1.54, 1.807) is 0 Å². The first-order valence-electron chi connectivity index (χ1n) is 17.7. The van der Waals surface area contributed by atoms with Gasteiger partial charge in [0.05, 0.1) is 44.7 Å². The molecule has 0 aliphatic carbocycles. The van der Waals surface area contributed by atoms with Crippen molar-refractivity contribution in [3.05, 3.63) is 181 Å². The van der Waals surface area contributed by atoms with E-state index in [1.807, 2.05) is 91.0 Å². The highest BCUT2D eigenvalue weighted by molar-refractivity contribution is 6.23. The summed E-state index contributed by atoms with van der Waals surface area (Å²) >= 11 is 0. The molecule has 0 atom stereocenters. The number of benzene rings is 7. The fourth-order valence-corrected chi connectivity index (χ4v) is 7.86. The van der Waals surface area contributed by atoms with Crippen LogP contribution < -0.4 is 0 Å². The monoisotopic (exact) mass is 688 g/mol. The first-order valence-corrected chi connectivity index (χ1v) is 17.7. The van der Waals surface area contributed by atoms with Crippen LogP contribution in [-0.2, 0) is 0 Å². The van der Waals surface area contributed by atoms with Crippen molar-refractivity contribution in [2.45, 2.75) is 0 Å². The van der Waals surface area contributed by atoms with Gasteiger partial charge in [0, 0.05) is 43.9 Å². The SMILES string of the molecule is N#Cc1cc(-c2nc(-c3ccccc3)nc(-c3ccccc3)c2C#N)ccc1-n1c2ccccc2c2ccc3c4ccccc4n(-c4ccccc4)c3c21. The van der Waals surface area contributed by atoms with Crippen LogP contribution >= 0.6 is 0 Å². The van der Waals surface area contributed by atoms with E-state index >= 15 is 0 Å². The van der Waals surface area contributed by atoms with Crippen LogP contribution in [0.5, 0.6) is 0 Å². The minimum atomic E-state index is 0.350. The lowest BCUT2D eigenvalue weighted by molar-refractivity contribution is 1.14. The number of nitrogens with zero attached hydrogens (tertiary/aromatic N) is 6. The first-order chi connectivity index (χ1) is 26.7. The summed E-state index contributed by atoms with van der Waals surface area (Å²) in [5.74, 6) is 0.504. The molecular weight excluding hydrogens is 661 g/mol. The zero-order chi connectivity index (χ0) is 36.2. The molecular formula is C48H28N6. The van der Waals surface area contributed by atoms with Crippen LogP contribution in [0.15, 0.2) is 170 Å². The Hall–Kier alpha value is -7.80. The Balaban J connectivity index is 1.28. The molecule has 0 bridgehead atoms. The molecule has 6 nitrogen and oxygen atoms in total. The van der Waals surface area contributed by atoms with Gasteiger partial charge in [0.2, 0.25) is 0 Å². The van der Waals surface area contributed by atoms with E-state index in [2.05, 4.69) is 100 Å². The third-order valence-corrected chi connectivity index (χ3v) is 10.2. The van der Waals surface area contributed by atoms with Crippen molar-refractivity contribution in [3.63, 3.8) is 0 Å². The topological polar surface area (TPSA) is 83.2 Å². The molecule has 10 rings (SSSR count). The Morgan fingerprint density at radius 2 is 0.944 bits per heavy atom. The van der Waals surface area contributed by atoms with Crippen molar-refractivity contribution >= 4 is 43.6 Å². The average Bonchev–Trinajstić information content (AvgIpc) is 3.77. The maximum Gasteiger partial charge on any atom is 0.160 e. The smallest absolute Gasteiger partial charge is 0.160 e. The van der Waals surface area contributed by atoms with Gasteiger partial charge in [0.25, 0.3) is 0 Å². The Bertz CT molecular complexity index is 3160. The molecule has 0 spiro atoms. The Kier molecular flexibility index (Phi) is 7.15. The summed E-state index contributed by atoms with van der Waals surface area (Å²) in [6, 6.07) is 61.9. The molecule has 250 valence electrons. The molecule has 0 unspecified atom stereocenters. The molecule has 7 aromatic carbocycles. The number of nitriles is 2. The van der Waals surface area contributed by atoms with Crippen molar-refractivity contribution in [1.82, 2.24) is 19.1 Å². The Morgan fingerprint density at radius 1 is 0.426 bits per heavy atom. The Labute approximate surface area is 310 Å². The van der Waals surface area contributed by atoms with Crippen molar-refractivity contribution in [1.29, 1.82) is 10.5 Å². The van der Waals surface area contributed by atoms with Gasteiger partial charge in [-0.3, -0.25) is 0 Å². The summed E-state index contributed by atoms with van der Waals surface area (Å²) in [7, 11) is 0. The van der Waals surface area contributed by atoms with Gasteiger partial charge in [0.15, 0.2) is 5.82 Å². The zero-order valence-corrected chi connectivity index (χ0v) is 28.8. The first kappa shape index (κ1) is 31.0. The minimum Gasteiger partial charge on any atom is -0.307 e. The van der Waals surface area contributed by atoms with Crippen LogP contribution in [0.2, 0.25) is 0 Å². The van der Waals surface area contributed by atoms with Gasteiger partial charge >= 0.3 is 0 Å². The maximum atomic E-state index is 10.9. The maximum absolute atomic E-state index is 10.9. The summed E-state index contributed by atoms with van der Waals surface area (Å²) in [4.78, 5) is 9.91. The number of aromatic nitrogens is 4. The summed E-state index contributed by atoms with van der Waals surface area (Å²) in [6.45, 7) is 0. The third kappa shape index (κ3) is 4.72. The largest absolute Gasteiger partial charge is 0.307 e. The van der Waals surface area contributed by atoms with Crippen molar-refractivity contribution in [3.8, 4) is 57.4 Å². The fourth-order valence-electron chi connectivity index (χ4n) is 7.86. The van der Waals surface area contributed by atoms with Gasteiger partial charge < -0.3 is 9.13 Å². The van der Waals surface area contributed by atoms with Gasteiger partial charge in [-0.2, -0.15) is 10.5 Å². The summed E-state index contributed by atoms with van der Waals surface area (Å²) < 4.78 is 4.56. The molecule has 0 N–H and O–H groups in total. The highest BCUT2D eigenvalue weighted by atomic mass is 15.0. The standard InChI is InChI=1S/C48H28N6/c49-29-34-28-33(45-40(30-50)44(31-14-4-1-5-15-31)51-48(52-45)32-16-6-2-7-17-32)24-27-41(34)54-43-23-13-11-21-37(43)39-26-25-38-36-20-10-12-22-42(36)53(46(38)47(39)54)35-18-8-3-9-19-35/h1-28H. The molecule has 0 amide bonds. The van der Waals surface area contributed by atoms with Gasteiger partial charge in [-0.05, 0) is 36.4 Å². The molecule has 3 aromatic heterocycles. The lowest BCUT2D eigenvalue weighted by atomic mass is 9.98. The second-order valence-electron chi connectivity index (χ2n) is 13.2. The average molecular weight is 689 g/mol. The van der Waals surface area contributed by atoms with E-state index in [4.69, 9.17) is 9.97 Å². The van der Waals surface area contributed by atoms with Crippen LogP contribution in [0.3, 0.4) is 0 Å². The lowest BCUT2D eigenvalue weighted by Crippen LogP contribution is -2.03. The van der Waals surface area contributed by atoms with Crippen molar-refractivity contribution < 1.29 is 0 Å². The molecule has 54 heavy (non-hydrogen) atoms. The van der Waals surface area contributed by atoms with E-state index in [1.165, 1.54) is 0 Å². The molecule has 10 aromatic rings. The fraction of sp³-hybridized carbons (Fsp3) is 0. The predicted molar refractivity (Wildman–Crippen MR) is 216 cm³/mol. The quantitative estimate of drug-likeness (QED) is 0.180. The summed E-state index contributed by atoms with van der Waals surface area (Å²) in [5.41, 5.74) is 10.1. The molecule has 3 heterocycles. The second-order valence-corrected chi connectivity index (χ2v) is 13.2. The normalized spacial score (nSPS) is 11.3. The van der Waals surface area contributed by atoms with Crippen LogP contribution in [0.1, 0.15) is 11.1 Å². The van der Waals surface area contributed by atoms with Crippen LogP contribution in [-0.4, -0.2) is 19.1 Å². The minimum absolute atomic E-state index is 0.350. The van der Waals surface area contributed by atoms with E-state index < -0.39 is 0 Å². The van der Waals surface area contributed by atoms with Crippen molar-refractivity contribution in [2.75, 3.05) is 0 Å². The van der Waals surface area contributed by atoms with Gasteiger partial charge in [-0.1, -0.05) is 133 Å². The molecule has 0 aliphatic rings. The van der Waals surface area contributed by atoms with Crippen LogP contribution in [0.4, 0.5) is 0 Å². The zero-order valence-electron chi connectivity index (χ0n) is 28.8. The molecule has 0 fully saturated rings. The Morgan fingerprint density at radius 3 is 1.56 bits per heavy atom. The van der Waals surface area contributed by atoms with E-state index in [0.29, 0.717) is 33.9 Å². The number of rotatable bonds is 5. The highest BCUT2D eigenvalue weighted by Gasteiger charge is 2.24. The van der Waals surface area contributed by atoms with Gasteiger partial charge in [-0.15, -0.1) is 0 Å². The molecule has 0 radical (unpaired) electrons. The number of hydrogen-bond donors (Lipinski definition) is 0. The second kappa shape index (κ2) is 12.5. The lowest BCUT2D eigenvalue weighted by Gasteiger charge is -2.15. The van der Waals surface area contributed by atoms with Crippen LogP contribution in [0.25, 0.3) is 88.9 Å². The molecule has 0 saturated heterocycles. The number of para-hydroxylation sites is 3. The van der Waals surface area contributed by atoms with E-state index in [9.17, 15) is 10.5 Å². The summed E-state index contributed by atoms with van der Waals surface area (Å²) in [5, 5.41) is 26.0. The van der Waals surface area contributed by atoms with E-state index in [0.717, 1.165) is 66.1 Å². The van der Waals surface area contributed by atoms with Gasteiger partial charge in [-0.25, -0.2) is 9.97 Å². The van der Waals surface area contributed by atoms with Gasteiger partial charge in [0.1, 0.15) is 17.7 Å². The summed E-state index contributed by atoms with van der Waals surface area (Å²) in [6.07, 6.45) is 0. The predicted octanol–water partition coefficient (Wildman–Crippen LogP) is 11.4. The highest BCUT2D eigenvalue weighted by Crippen LogP contribution is 2.42. The molecule has 0 aliphatic heterocycles. The third-order valence-electron chi connectivity index (χ3n) is 10.2. The molecule has 0 saturated carbocycles. The molecule has 6 heteroatoms. The van der Waals surface area contributed by atoms with E-state index in [-0.39, 0.29) is 0 Å². The van der Waals surface area contributed by atoms with Crippen LogP contribution in [0, 0.1) is 22.7 Å². The van der Waals surface area contributed by atoms with Crippen molar-refractivity contribution in [2.24, 2.45) is 0 Å².